The predicted molar refractivity (Wildman–Crippen MR) is 126 cm³/mol. The minimum absolute atomic E-state index is 0.174. The summed E-state index contributed by atoms with van der Waals surface area (Å²) in [5.41, 5.74) is -1.31. The SMILES string of the molecule is CCCCn1nc(C(C)(C)C)sc1=NC(=O)c1cc(C(F)(F)F)ccc1COC(=O)C1CN(C)C1. The number of likely N-dealkylation sites (tertiary alicyclic amines) is 1. The molecule has 1 aromatic heterocycles. The first kappa shape index (κ1) is 27.1. The Labute approximate surface area is 206 Å². The second-order valence-electron chi connectivity index (χ2n) is 9.83. The van der Waals surface area contributed by atoms with Crippen LogP contribution in [0.2, 0.25) is 0 Å². The summed E-state index contributed by atoms with van der Waals surface area (Å²) in [5.74, 6) is -1.54. The molecule has 3 rings (SSSR count). The topological polar surface area (TPSA) is 76.8 Å². The summed E-state index contributed by atoms with van der Waals surface area (Å²) >= 11 is 1.24. The van der Waals surface area contributed by atoms with Crippen molar-refractivity contribution in [2.75, 3.05) is 20.1 Å². The van der Waals surface area contributed by atoms with Gasteiger partial charge in [-0.25, -0.2) is 4.68 Å². The van der Waals surface area contributed by atoms with Crippen molar-refractivity contribution in [3.8, 4) is 0 Å². The minimum Gasteiger partial charge on any atom is -0.460 e. The van der Waals surface area contributed by atoms with Gasteiger partial charge in [0.2, 0.25) is 4.80 Å². The number of hydrogen-bond acceptors (Lipinski definition) is 6. The average Bonchev–Trinajstić information content (AvgIpc) is 3.16. The van der Waals surface area contributed by atoms with Gasteiger partial charge in [-0.15, -0.1) is 0 Å². The zero-order valence-electron chi connectivity index (χ0n) is 20.6. The molecule has 2 aromatic rings. The fraction of sp³-hybridized carbons (Fsp3) is 0.583. The summed E-state index contributed by atoms with van der Waals surface area (Å²) in [4.78, 5) is 31.9. The Bertz CT molecular complexity index is 1140. The van der Waals surface area contributed by atoms with Gasteiger partial charge in [-0.05, 0) is 25.6 Å². The number of carbonyl (C=O) groups excluding carboxylic acids is 2. The molecule has 0 unspecified atom stereocenters. The average molecular weight is 513 g/mol. The summed E-state index contributed by atoms with van der Waals surface area (Å²) in [7, 11) is 1.87. The molecule has 0 bridgehead atoms. The van der Waals surface area contributed by atoms with E-state index in [1.54, 1.807) is 4.68 Å². The van der Waals surface area contributed by atoms with Gasteiger partial charge in [0.15, 0.2) is 0 Å². The third-order valence-corrected chi connectivity index (χ3v) is 6.99. The number of unbranched alkanes of at least 4 members (excludes halogenated alkanes) is 1. The maximum Gasteiger partial charge on any atom is 0.416 e. The Kier molecular flexibility index (Phi) is 8.21. The molecule has 1 aromatic carbocycles. The number of ether oxygens (including phenoxy) is 1. The molecule has 11 heteroatoms. The number of halogens is 3. The van der Waals surface area contributed by atoms with Crippen LogP contribution in [0, 0.1) is 5.92 Å². The molecule has 35 heavy (non-hydrogen) atoms. The van der Waals surface area contributed by atoms with E-state index in [9.17, 15) is 22.8 Å². The van der Waals surface area contributed by atoms with Crippen molar-refractivity contribution < 1.29 is 27.5 Å². The maximum absolute atomic E-state index is 13.4. The van der Waals surface area contributed by atoms with Gasteiger partial charge in [0.05, 0.1) is 11.5 Å². The molecule has 0 spiro atoms. The van der Waals surface area contributed by atoms with Crippen LogP contribution in [0.3, 0.4) is 0 Å². The first-order valence-electron chi connectivity index (χ1n) is 11.5. The Hall–Kier alpha value is -2.53. The molecule has 0 N–H and O–H groups in total. The van der Waals surface area contributed by atoms with E-state index in [0.29, 0.717) is 24.4 Å². The second-order valence-corrected chi connectivity index (χ2v) is 10.8. The normalized spacial score (nSPS) is 15.8. The van der Waals surface area contributed by atoms with E-state index in [-0.39, 0.29) is 29.1 Å². The van der Waals surface area contributed by atoms with Crippen LogP contribution in [-0.2, 0) is 34.3 Å². The van der Waals surface area contributed by atoms with Crippen LogP contribution in [0.5, 0.6) is 0 Å². The lowest BCUT2D eigenvalue weighted by Crippen LogP contribution is -2.48. The number of amides is 1. The largest absolute Gasteiger partial charge is 0.460 e. The number of aromatic nitrogens is 2. The van der Waals surface area contributed by atoms with Crippen LogP contribution >= 0.6 is 11.3 Å². The Morgan fingerprint density at radius 1 is 1.23 bits per heavy atom. The number of carbonyl (C=O) groups is 2. The lowest BCUT2D eigenvalue weighted by atomic mass is 9.98. The fourth-order valence-corrected chi connectivity index (χ4v) is 4.47. The third kappa shape index (κ3) is 6.78. The lowest BCUT2D eigenvalue weighted by Gasteiger charge is -2.34. The van der Waals surface area contributed by atoms with Crippen LogP contribution in [-0.4, -0.2) is 46.7 Å². The minimum atomic E-state index is -4.63. The number of esters is 1. The maximum atomic E-state index is 13.4. The molecule has 1 saturated heterocycles. The second kappa shape index (κ2) is 10.6. The van der Waals surface area contributed by atoms with E-state index in [2.05, 4.69) is 10.1 Å². The molecule has 1 aliphatic heterocycles. The molecule has 192 valence electrons. The van der Waals surface area contributed by atoms with E-state index in [4.69, 9.17) is 4.74 Å². The highest BCUT2D eigenvalue weighted by atomic mass is 32.1. The van der Waals surface area contributed by atoms with Crippen molar-refractivity contribution in [3.05, 3.63) is 44.7 Å². The number of alkyl halides is 3. The summed E-state index contributed by atoms with van der Waals surface area (Å²) in [5, 5.41) is 5.35. The van der Waals surface area contributed by atoms with Crippen molar-refractivity contribution in [2.24, 2.45) is 10.9 Å². The monoisotopic (exact) mass is 512 g/mol. The quantitative estimate of drug-likeness (QED) is 0.514. The first-order valence-corrected chi connectivity index (χ1v) is 12.3. The van der Waals surface area contributed by atoms with Gasteiger partial charge in [0.25, 0.3) is 5.91 Å². The van der Waals surface area contributed by atoms with Crippen LogP contribution in [0.4, 0.5) is 13.2 Å². The van der Waals surface area contributed by atoms with Crippen molar-refractivity contribution >= 4 is 23.2 Å². The molecule has 1 aliphatic rings. The molecule has 0 saturated carbocycles. The van der Waals surface area contributed by atoms with Crippen LogP contribution < -0.4 is 4.80 Å². The zero-order chi connectivity index (χ0) is 26.0. The number of nitrogens with zero attached hydrogens (tertiary/aromatic N) is 4. The Morgan fingerprint density at radius 2 is 1.91 bits per heavy atom. The van der Waals surface area contributed by atoms with Gasteiger partial charge in [0, 0.05) is 36.2 Å². The van der Waals surface area contributed by atoms with Crippen molar-refractivity contribution in [1.29, 1.82) is 0 Å². The van der Waals surface area contributed by atoms with Crippen LogP contribution in [0.1, 0.15) is 67.0 Å². The summed E-state index contributed by atoms with van der Waals surface area (Å²) in [6.45, 7) is 9.34. The molecule has 7 nitrogen and oxygen atoms in total. The molecule has 0 atom stereocenters. The van der Waals surface area contributed by atoms with Gasteiger partial charge >= 0.3 is 12.1 Å². The van der Waals surface area contributed by atoms with Gasteiger partial charge in [-0.2, -0.15) is 23.3 Å². The fourth-order valence-electron chi connectivity index (χ4n) is 3.49. The first-order chi connectivity index (χ1) is 16.3. The summed E-state index contributed by atoms with van der Waals surface area (Å²) in [6, 6.07) is 2.82. The van der Waals surface area contributed by atoms with Gasteiger partial charge in [-0.3, -0.25) is 9.59 Å². The molecular formula is C24H31F3N4O3S. The lowest BCUT2D eigenvalue weighted by molar-refractivity contribution is -0.155. The van der Waals surface area contributed by atoms with E-state index in [1.165, 1.54) is 17.4 Å². The molecule has 1 amide bonds. The molecule has 1 fully saturated rings. The van der Waals surface area contributed by atoms with Crippen molar-refractivity contribution in [3.63, 3.8) is 0 Å². The smallest absolute Gasteiger partial charge is 0.416 e. The molecule has 0 radical (unpaired) electrons. The van der Waals surface area contributed by atoms with E-state index >= 15 is 0 Å². The van der Waals surface area contributed by atoms with Crippen molar-refractivity contribution in [2.45, 2.75) is 65.3 Å². The Morgan fingerprint density at radius 3 is 2.49 bits per heavy atom. The van der Waals surface area contributed by atoms with Gasteiger partial charge in [0.1, 0.15) is 11.6 Å². The van der Waals surface area contributed by atoms with Crippen LogP contribution in [0.25, 0.3) is 0 Å². The number of rotatable bonds is 7. The number of benzene rings is 1. The number of aryl methyl sites for hydroxylation is 1. The van der Waals surface area contributed by atoms with E-state index in [0.717, 1.165) is 30.0 Å². The van der Waals surface area contributed by atoms with Crippen molar-refractivity contribution in [1.82, 2.24) is 14.7 Å². The number of hydrogen-bond donors (Lipinski definition) is 0. The van der Waals surface area contributed by atoms with E-state index in [1.807, 2.05) is 39.6 Å². The molecule has 2 heterocycles. The highest BCUT2D eigenvalue weighted by Gasteiger charge is 2.33. The standard InChI is InChI=1S/C24H31F3N4O3S/c1-6-7-10-31-22(35-21(29-31)23(2,3)4)28-19(32)18-11-17(24(25,26)27)9-8-15(18)14-34-20(33)16-12-30(5)13-16/h8-9,11,16H,6-7,10,12-14H2,1-5H3. The highest BCUT2D eigenvalue weighted by molar-refractivity contribution is 7.09. The highest BCUT2D eigenvalue weighted by Crippen LogP contribution is 2.31. The molecular weight excluding hydrogens is 481 g/mol. The summed E-state index contributed by atoms with van der Waals surface area (Å²) < 4.78 is 47.1. The van der Waals surface area contributed by atoms with Gasteiger partial charge < -0.3 is 9.64 Å². The molecule has 0 aliphatic carbocycles. The predicted octanol–water partition coefficient (Wildman–Crippen LogP) is 4.41. The summed E-state index contributed by atoms with van der Waals surface area (Å²) in [6.07, 6.45) is -2.91. The Balaban J connectivity index is 1.96. The zero-order valence-corrected chi connectivity index (χ0v) is 21.4. The van der Waals surface area contributed by atoms with Gasteiger partial charge in [-0.1, -0.05) is 51.5 Å². The third-order valence-electron chi connectivity index (χ3n) is 5.62. The van der Waals surface area contributed by atoms with E-state index < -0.39 is 23.6 Å². The van der Waals surface area contributed by atoms with Crippen LogP contribution in [0.15, 0.2) is 23.2 Å².